The number of para-hydroxylation sites is 1. The lowest BCUT2D eigenvalue weighted by Crippen LogP contribution is -2.13. The molecule has 1 atom stereocenters. The van der Waals surface area contributed by atoms with Crippen molar-refractivity contribution in [1.82, 2.24) is 0 Å². The van der Waals surface area contributed by atoms with Crippen molar-refractivity contribution in [3.8, 4) is 5.75 Å². The number of thioether (sulfide) groups is 2. The molecule has 3 aliphatic heterocycles. The second-order valence-electron chi connectivity index (χ2n) is 8.41. The van der Waals surface area contributed by atoms with Crippen molar-refractivity contribution in [3.63, 3.8) is 0 Å². The SMILES string of the molecule is C1=C(c2ccc3c(c2)CC(c2ccc4c(c2)CCSC4)CS3)Cc2ccccc2O1. The van der Waals surface area contributed by atoms with E-state index in [1.54, 1.807) is 11.1 Å². The van der Waals surface area contributed by atoms with E-state index < -0.39 is 0 Å². The van der Waals surface area contributed by atoms with Crippen LogP contribution < -0.4 is 4.74 Å². The average Bonchev–Trinajstić information content (AvgIpc) is 2.82. The molecule has 3 heteroatoms. The van der Waals surface area contributed by atoms with Gasteiger partial charge in [-0.25, -0.2) is 0 Å². The van der Waals surface area contributed by atoms with Crippen LogP contribution in [0.5, 0.6) is 5.75 Å². The molecule has 0 radical (unpaired) electrons. The molecule has 3 aromatic rings. The van der Waals surface area contributed by atoms with Crippen LogP contribution in [0.15, 0.2) is 71.8 Å². The molecular formula is C27H24OS2. The molecule has 3 heterocycles. The lowest BCUT2D eigenvalue weighted by atomic mass is 9.88. The second kappa shape index (κ2) is 7.86. The van der Waals surface area contributed by atoms with Gasteiger partial charge in [0.25, 0.3) is 0 Å². The Morgan fingerprint density at radius 1 is 0.867 bits per heavy atom. The molecule has 30 heavy (non-hydrogen) atoms. The number of hydrogen-bond acceptors (Lipinski definition) is 3. The first-order chi connectivity index (χ1) is 14.8. The summed E-state index contributed by atoms with van der Waals surface area (Å²) >= 11 is 4.08. The van der Waals surface area contributed by atoms with Gasteiger partial charge in [-0.3, -0.25) is 0 Å². The van der Waals surface area contributed by atoms with Crippen molar-refractivity contribution in [3.05, 3.63) is 100 Å². The summed E-state index contributed by atoms with van der Waals surface area (Å²) in [6, 6.07) is 22.6. The summed E-state index contributed by atoms with van der Waals surface area (Å²) in [6.45, 7) is 0. The first kappa shape index (κ1) is 18.7. The fourth-order valence-electron chi connectivity index (χ4n) is 4.76. The van der Waals surface area contributed by atoms with Crippen LogP contribution in [0.25, 0.3) is 5.57 Å². The molecule has 0 bridgehead atoms. The van der Waals surface area contributed by atoms with Gasteiger partial charge in [0, 0.05) is 22.8 Å². The highest BCUT2D eigenvalue weighted by atomic mass is 32.2. The predicted octanol–water partition coefficient (Wildman–Crippen LogP) is 6.88. The Morgan fingerprint density at radius 3 is 2.83 bits per heavy atom. The molecule has 1 nitrogen and oxygen atoms in total. The Bertz CT molecular complexity index is 1150. The van der Waals surface area contributed by atoms with Crippen LogP contribution in [0.3, 0.4) is 0 Å². The molecule has 0 aromatic heterocycles. The van der Waals surface area contributed by atoms with E-state index in [4.69, 9.17) is 4.74 Å². The lowest BCUT2D eigenvalue weighted by molar-refractivity contribution is 0.469. The molecule has 0 amide bonds. The van der Waals surface area contributed by atoms with Gasteiger partial charge in [-0.2, -0.15) is 11.8 Å². The Balaban J connectivity index is 1.26. The molecule has 0 aliphatic carbocycles. The molecule has 150 valence electrons. The van der Waals surface area contributed by atoms with Gasteiger partial charge in [0.05, 0.1) is 6.26 Å². The zero-order valence-corrected chi connectivity index (χ0v) is 18.5. The van der Waals surface area contributed by atoms with Gasteiger partial charge < -0.3 is 4.74 Å². The predicted molar refractivity (Wildman–Crippen MR) is 129 cm³/mol. The fraction of sp³-hybridized carbons (Fsp3) is 0.259. The van der Waals surface area contributed by atoms with Crippen molar-refractivity contribution >= 4 is 29.1 Å². The number of fused-ring (bicyclic) bond motifs is 3. The monoisotopic (exact) mass is 428 g/mol. The van der Waals surface area contributed by atoms with Crippen molar-refractivity contribution < 1.29 is 4.74 Å². The maximum Gasteiger partial charge on any atom is 0.130 e. The van der Waals surface area contributed by atoms with E-state index in [-0.39, 0.29) is 0 Å². The molecule has 1 unspecified atom stereocenters. The number of rotatable bonds is 2. The Kier molecular flexibility index (Phi) is 4.89. The van der Waals surface area contributed by atoms with Gasteiger partial charge in [0.15, 0.2) is 0 Å². The topological polar surface area (TPSA) is 9.23 Å². The highest BCUT2D eigenvalue weighted by Gasteiger charge is 2.23. The third-order valence-electron chi connectivity index (χ3n) is 6.49. The Morgan fingerprint density at radius 2 is 1.83 bits per heavy atom. The van der Waals surface area contributed by atoms with Crippen LogP contribution in [0.2, 0.25) is 0 Å². The van der Waals surface area contributed by atoms with E-state index in [9.17, 15) is 0 Å². The van der Waals surface area contributed by atoms with Crippen LogP contribution in [0, 0.1) is 0 Å². The average molecular weight is 429 g/mol. The maximum absolute atomic E-state index is 5.91. The number of aryl methyl sites for hydroxylation is 1. The maximum atomic E-state index is 5.91. The molecule has 0 spiro atoms. The van der Waals surface area contributed by atoms with Crippen LogP contribution >= 0.6 is 23.5 Å². The van der Waals surface area contributed by atoms with Crippen LogP contribution in [-0.4, -0.2) is 11.5 Å². The Labute approximate surface area is 186 Å². The molecule has 3 aliphatic rings. The highest BCUT2D eigenvalue weighted by molar-refractivity contribution is 7.99. The third-order valence-corrected chi connectivity index (χ3v) is 8.78. The van der Waals surface area contributed by atoms with Crippen LogP contribution in [-0.2, 0) is 25.0 Å². The molecule has 0 saturated carbocycles. The van der Waals surface area contributed by atoms with E-state index in [1.165, 1.54) is 56.4 Å². The first-order valence-corrected chi connectivity index (χ1v) is 12.9. The summed E-state index contributed by atoms with van der Waals surface area (Å²) in [7, 11) is 0. The van der Waals surface area contributed by atoms with Gasteiger partial charge in [0.1, 0.15) is 5.75 Å². The van der Waals surface area contributed by atoms with E-state index in [0.717, 1.165) is 18.6 Å². The van der Waals surface area contributed by atoms with Gasteiger partial charge in [0.2, 0.25) is 0 Å². The summed E-state index contributed by atoms with van der Waals surface area (Å²) in [5.41, 5.74) is 9.99. The number of hydrogen-bond donors (Lipinski definition) is 0. The third kappa shape index (κ3) is 3.48. The van der Waals surface area contributed by atoms with Crippen molar-refractivity contribution in [2.75, 3.05) is 11.5 Å². The number of allylic oxidation sites excluding steroid dienone is 1. The van der Waals surface area contributed by atoms with Gasteiger partial charge in [-0.15, -0.1) is 11.8 Å². The smallest absolute Gasteiger partial charge is 0.130 e. The zero-order valence-electron chi connectivity index (χ0n) is 16.9. The van der Waals surface area contributed by atoms with Crippen molar-refractivity contribution in [2.45, 2.75) is 35.8 Å². The first-order valence-electron chi connectivity index (χ1n) is 10.7. The molecular weight excluding hydrogens is 404 g/mol. The van der Waals surface area contributed by atoms with Gasteiger partial charge >= 0.3 is 0 Å². The molecule has 6 rings (SSSR count). The molecule has 3 aromatic carbocycles. The van der Waals surface area contributed by atoms with Crippen LogP contribution in [0.1, 0.15) is 39.3 Å². The van der Waals surface area contributed by atoms with E-state index in [1.807, 2.05) is 30.2 Å². The van der Waals surface area contributed by atoms with Crippen molar-refractivity contribution in [2.24, 2.45) is 0 Å². The van der Waals surface area contributed by atoms with E-state index in [2.05, 4.69) is 60.3 Å². The van der Waals surface area contributed by atoms with Crippen LogP contribution in [0.4, 0.5) is 0 Å². The molecule has 0 saturated heterocycles. The summed E-state index contributed by atoms with van der Waals surface area (Å²) in [6.07, 6.45) is 5.24. The summed E-state index contributed by atoms with van der Waals surface area (Å²) in [4.78, 5) is 1.45. The highest BCUT2D eigenvalue weighted by Crippen LogP contribution is 2.40. The van der Waals surface area contributed by atoms with Gasteiger partial charge in [-0.1, -0.05) is 48.5 Å². The quantitative estimate of drug-likeness (QED) is 0.440. The largest absolute Gasteiger partial charge is 0.464 e. The fourth-order valence-corrected chi connectivity index (χ4v) is 6.96. The minimum Gasteiger partial charge on any atom is -0.464 e. The normalized spacial score (nSPS) is 19.7. The summed E-state index contributed by atoms with van der Waals surface area (Å²) < 4.78 is 5.91. The summed E-state index contributed by atoms with van der Waals surface area (Å²) in [5.74, 6) is 5.22. The number of benzene rings is 3. The standard InChI is InChI=1S/C27H24OS2/c1-2-4-26-21(3-1)13-24(15-28-26)18-7-8-27-23(12-18)14-25(17-30-27)19-5-6-22-16-29-10-9-20(22)11-19/h1-8,11-12,15,25H,9-10,13-14,16-17H2. The number of ether oxygens (including phenoxy) is 1. The van der Waals surface area contributed by atoms with E-state index >= 15 is 0 Å². The second-order valence-corrected chi connectivity index (χ2v) is 10.6. The van der Waals surface area contributed by atoms with Crippen molar-refractivity contribution in [1.29, 1.82) is 0 Å². The zero-order chi connectivity index (χ0) is 19.9. The Hall–Kier alpha value is -2.10. The molecule has 0 fully saturated rings. The molecule has 0 N–H and O–H groups in total. The lowest BCUT2D eigenvalue weighted by Gasteiger charge is -2.27. The minimum atomic E-state index is 0.606. The van der Waals surface area contributed by atoms with E-state index in [0.29, 0.717) is 5.92 Å². The summed E-state index contributed by atoms with van der Waals surface area (Å²) in [5, 5.41) is 0. The minimum absolute atomic E-state index is 0.606. The van der Waals surface area contributed by atoms with Gasteiger partial charge in [-0.05, 0) is 75.6 Å².